The van der Waals surface area contributed by atoms with Gasteiger partial charge in [-0.25, -0.2) is 0 Å². The lowest BCUT2D eigenvalue weighted by Crippen LogP contribution is -2.15. The Morgan fingerprint density at radius 3 is 2.53 bits per heavy atom. The van der Waals surface area contributed by atoms with E-state index in [0.717, 1.165) is 33.3 Å². The third-order valence-electron chi connectivity index (χ3n) is 5.67. The third kappa shape index (κ3) is 2.97. The van der Waals surface area contributed by atoms with Crippen molar-refractivity contribution in [3.8, 4) is 22.8 Å². The van der Waals surface area contributed by atoms with Crippen LogP contribution in [0, 0.1) is 10.1 Å². The largest absolute Gasteiger partial charge is 0.454 e. The summed E-state index contributed by atoms with van der Waals surface area (Å²) >= 11 is 0. The fourth-order valence-corrected chi connectivity index (χ4v) is 4.36. The SMILES string of the molecule is Cn1c(-c2ccccc2)c(C(C[N+](=O)[O-])c2ccc3c(c2)OCO3)c2ccccc21. The molecular weight excluding hydrogens is 380 g/mol. The number of hydrogen-bond acceptors (Lipinski definition) is 4. The monoisotopic (exact) mass is 400 g/mol. The van der Waals surface area contributed by atoms with Gasteiger partial charge in [-0.05, 0) is 34.9 Å². The molecule has 1 aliphatic rings. The standard InChI is InChI=1S/C24H20N2O4/c1-25-20-10-6-5-9-18(20)23(24(25)16-7-3-2-4-8-16)19(14-26(27)28)17-11-12-21-22(13-17)30-15-29-21/h2-13,19H,14-15H2,1H3. The lowest BCUT2D eigenvalue weighted by molar-refractivity contribution is -0.481. The summed E-state index contributed by atoms with van der Waals surface area (Å²) in [6, 6.07) is 23.7. The number of aromatic nitrogens is 1. The number of para-hydroxylation sites is 1. The van der Waals surface area contributed by atoms with Crippen LogP contribution in [0.5, 0.6) is 11.5 Å². The van der Waals surface area contributed by atoms with E-state index in [1.165, 1.54) is 0 Å². The van der Waals surface area contributed by atoms with Gasteiger partial charge in [-0.1, -0.05) is 54.6 Å². The fourth-order valence-electron chi connectivity index (χ4n) is 4.36. The number of hydrogen-bond donors (Lipinski definition) is 0. The fraction of sp³-hybridized carbons (Fsp3) is 0.167. The van der Waals surface area contributed by atoms with Gasteiger partial charge in [-0.15, -0.1) is 0 Å². The molecule has 2 heterocycles. The van der Waals surface area contributed by atoms with Crippen LogP contribution in [0.25, 0.3) is 22.2 Å². The molecule has 4 aromatic rings. The molecule has 1 atom stereocenters. The van der Waals surface area contributed by atoms with E-state index in [0.29, 0.717) is 11.5 Å². The summed E-state index contributed by atoms with van der Waals surface area (Å²) in [5, 5.41) is 12.7. The molecule has 1 aliphatic heterocycles. The minimum atomic E-state index is -0.434. The maximum atomic E-state index is 11.7. The van der Waals surface area contributed by atoms with Crippen LogP contribution >= 0.6 is 0 Å². The zero-order chi connectivity index (χ0) is 20.7. The summed E-state index contributed by atoms with van der Waals surface area (Å²) in [6.45, 7) is -0.0459. The molecule has 0 fully saturated rings. The van der Waals surface area contributed by atoms with Crippen molar-refractivity contribution in [3.63, 3.8) is 0 Å². The molecule has 0 bridgehead atoms. The second-order valence-electron chi connectivity index (χ2n) is 7.39. The molecule has 30 heavy (non-hydrogen) atoms. The summed E-state index contributed by atoms with van der Waals surface area (Å²) in [6.07, 6.45) is 0. The average Bonchev–Trinajstić information content (AvgIpc) is 3.35. The Balaban J connectivity index is 1.79. The first-order valence-corrected chi connectivity index (χ1v) is 9.77. The number of aryl methyl sites for hydroxylation is 1. The van der Waals surface area contributed by atoms with E-state index in [9.17, 15) is 10.1 Å². The van der Waals surface area contributed by atoms with Crippen molar-refractivity contribution in [1.82, 2.24) is 4.57 Å². The lowest BCUT2D eigenvalue weighted by Gasteiger charge is -2.17. The lowest BCUT2D eigenvalue weighted by atomic mass is 9.87. The minimum absolute atomic E-state index is 0.169. The Morgan fingerprint density at radius 2 is 1.73 bits per heavy atom. The Bertz CT molecular complexity index is 1250. The molecule has 5 rings (SSSR count). The molecule has 0 amide bonds. The Hall–Kier alpha value is -3.80. The highest BCUT2D eigenvalue weighted by Crippen LogP contribution is 2.43. The minimum Gasteiger partial charge on any atom is -0.454 e. The molecule has 3 aromatic carbocycles. The van der Waals surface area contributed by atoms with Crippen LogP contribution in [0.1, 0.15) is 17.0 Å². The molecule has 0 aliphatic carbocycles. The molecule has 6 heteroatoms. The zero-order valence-corrected chi connectivity index (χ0v) is 16.4. The number of nitro groups is 1. The highest BCUT2D eigenvalue weighted by Gasteiger charge is 2.30. The highest BCUT2D eigenvalue weighted by atomic mass is 16.7. The Labute approximate surface area is 173 Å². The van der Waals surface area contributed by atoms with E-state index < -0.39 is 5.92 Å². The molecule has 0 saturated carbocycles. The summed E-state index contributed by atoms with van der Waals surface area (Å²) < 4.78 is 13.1. The Morgan fingerprint density at radius 1 is 1.00 bits per heavy atom. The summed E-state index contributed by atoms with van der Waals surface area (Å²) in [4.78, 5) is 11.5. The third-order valence-corrected chi connectivity index (χ3v) is 5.67. The quantitative estimate of drug-likeness (QED) is 0.350. The maximum absolute atomic E-state index is 11.7. The van der Waals surface area contributed by atoms with Gasteiger partial charge in [0.2, 0.25) is 13.3 Å². The topological polar surface area (TPSA) is 66.5 Å². The summed E-state index contributed by atoms with van der Waals surface area (Å²) in [5.74, 6) is 0.859. The van der Waals surface area contributed by atoms with Crippen molar-refractivity contribution in [2.24, 2.45) is 7.05 Å². The first-order valence-electron chi connectivity index (χ1n) is 9.77. The first-order chi connectivity index (χ1) is 14.6. The van der Waals surface area contributed by atoms with Gasteiger partial charge >= 0.3 is 0 Å². The number of ether oxygens (including phenoxy) is 2. The second kappa shape index (κ2) is 7.22. The van der Waals surface area contributed by atoms with Crippen LogP contribution in [-0.4, -0.2) is 22.8 Å². The van der Waals surface area contributed by atoms with Gasteiger partial charge in [-0.3, -0.25) is 10.1 Å². The van der Waals surface area contributed by atoms with E-state index in [1.54, 1.807) is 0 Å². The van der Waals surface area contributed by atoms with Crippen molar-refractivity contribution in [1.29, 1.82) is 0 Å². The van der Waals surface area contributed by atoms with Crippen LogP contribution < -0.4 is 9.47 Å². The number of rotatable bonds is 5. The number of benzene rings is 3. The molecule has 0 N–H and O–H groups in total. The van der Waals surface area contributed by atoms with Crippen molar-refractivity contribution in [3.05, 3.63) is 94.0 Å². The van der Waals surface area contributed by atoms with Gasteiger partial charge in [0.25, 0.3) is 0 Å². The molecule has 0 saturated heterocycles. The van der Waals surface area contributed by atoms with Crippen molar-refractivity contribution >= 4 is 10.9 Å². The predicted molar refractivity (Wildman–Crippen MR) is 115 cm³/mol. The Kier molecular flexibility index (Phi) is 4.39. The van der Waals surface area contributed by atoms with Crippen LogP contribution in [0.2, 0.25) is 0 Å². The number of fused-ring (bicyclic) bond motifs is 2. The van der Waals surface area contributed by atoms with Gasteiger partial charge in [-0.2, -0.15) is 0 Å². The predicted octanol–water partition coefficient (Wildman–Crippen LogP) is 4.98. The van der Waals surface area contributed by atoms with E-state index in [1.807, 2.05) is 79.8 Å². The number of nitrogens with zero attached hydrogens (tertiary/aromatic N) is 2. The zero-order valence-electron chi connectivity index (χ0n) is 16.4. The van der Waals surface area contributed by atoms with Gasteiger partial charge < -0.3 is 14.0 Å². The average molecular weight is 400 g/mol. The molecule has 0 spiro atoms. The molecule has 0 radical (unpaired) electrons. The summed E-state index contributed by atoms with van der Waals surface area (Å²) in [5.41, 5.74) is 4.85. The van der Waals surface area contributed by atoms with E-state index in [4.69, 9.17) is 9.47 Å². The van der Waals surface area contributed by atoms with Gasteiger partial charge in [0.1, 0.15) is 0 Å². The summed E-state index contributed by atoms with van der Waals surface area (Å²) in [7, 11) is 2.01. The van der Waals surface area contributed by atoms with Crippen molar-refractivity contribution in [2.75, 3.05) is 13.3 Å². The first kappa shape index (κ1) is 18.2. The van der Waals surface area contributed by atoms with Crippen LogP contribution in [0.15, 0.2) is 72.8 Å². The maximum Gasteiger partial charge on any atom is 0.231 e. The van der Waals surface area contributed by atoms with Crippen LogP contribution in [0.3, 0.4) is 0 Å². The van der Waals surface area contributed by atoms with E-state index in [-0.39, 0.29) is 18.3 Å². The molecule has 1 aromatic heterocycles. The highest BCUT2D eigenvalue weighted by molar-refractivity contribution is 5.93. The molecular formula is C24H20N2O4. The van der Waals surface area contributed by atoms with Crippen LogP contribution in [0.4, 0.5) is 0 Å². The van der Waals surface area contributed by atoms with Crippen molar-refractivity contribution in [2.45, 2.75) is 5.92 Å². The molecule has 1 unspecified atom stereocenters. The van der Waals surface area contributed by atoms with E-state index >= 15 is 0 Å². The van der Waals surface area contributed by atoms with Gasteiger partial charge in [0, 0.05) is 22.9 Å². The molecule has 6 nitrogen and oxygen atoms in total. The smallest absolute Gasteiger partial charge is 0.231 e. The van der Waals surface area contributed by atoms with Gasteiger partial charge in [0.05, 0.1) is 11.6 Å². The van der Waals surface area contributed by atoms with Gasteiger partial charge in [0.15, 0.2) is 11.5 Å². The second-order valence-corrected chi connectivity index (χ2v) is 7.39. The van der Waals surface area contributed by atoms with E-state index in [2.05, 4.69) is 4.57 Å². The van der Waals surface area contributed by atoms with Crippen molar-refractivity contribution < 1.29 is 14.4 Å². The van der Waals surface area contributed by atoms with Crippen LogP contribution in [-0.2, 0) is 7.05 Å². The molecule has 150 valence electrons. The normalized spacial score (nSPS) is 13.5.